The summed E-state index contributed by atoms with van der Waals surface area (Å²) in [6.45, 7) is 1.88. The van der Waals surface area contributed by atoms with Crippen LogP contribution in [0.5, 0.6) is 11.5 Å². The number of nitrogens with zero attached hydrogens (tertiary/aromatic N) is 1. The monoisotopic (exact) mass is 466 g/mol. The van der Waals surface area contributed by atoms with E-state index < -0.39 is 22.7 Å². The van der Waals surface area contributed by atoms with Crippen molar-refractivity contribution in [3.05, 3.63) is 93.2 Å². The number of rotatable bonds is 5. The Kier molecular flexibility index (Phi) is 8.42. The van der Waals surface area contributed by atoms with E-state index in [1.807, 2.05) is 18.2 Å². The van der Waals surface area contributed by atoms with Gasteiger partial charge < -0.3 is 14.9 Å². The average Bonchev–Trinajstić information content (AvgIpc) is 2.77. The zero-order valence-electron chi connectivity index (χ0n) is 18.6. The SMILES string of the molecule is CC1CC=CCC/C=C/C(NOCc2ccc([N+](=O)[O-])cc2)=C/c2cc(O)cc(O)c2C(=O)O1. The largest absolute Gasteiger partial charge is 0.508 e. The summed E-state index contributed by atoms with van der Waals surface area (Å²) >= 11 is 0. The number of non-ortho nitro benzene ring substituents is 1. The summed E-state index contributed by atoms with van der Waals surface area (Å²) in [4.78, 5) is 28.6. The highest BCUT2D eigenvalue weighted by atomic mass is 16.6. The second-order valence-corrected chi connectivity index (χ2v) is 7.75. The highest BCUT2D eigenvalue weighted by Crippen LogP contribution is 2.30. The van der Waals surface area contributed by atoms with Crippen LogP contribution in [0.2, 0.25) is 0 Å². The van der Waals surface area contributed by atoms with Gasteiger partial charge in [0.15, 0.2) is 0 Å². The maximum Gasteiger partial charge on any atom is 0.342 e. The minimum absolute atomic E-state index is 0.0140. The summed E-state index contributed by atoms with van der Waals surface area (Å²) in [7, 11) is 0. The molecule has 9 heteroatoms. The number of aromatic hydroxyl groups is 2. The normalized spacial score (nSPS) is 19.1. The summed E-state index contributed by atoms with van der Waals surface area (Å²) < 4.78 is 5.46. The van der Waals surface area contributed by atoms with Crippen molar-refractivity contribution in [2.45, 2.75) is 38.9 Å². The van der Waals surface area contributed by atoms with Gasteiger partial charge in [-0.05, 0) is 61.2 Å². The first-order valence-corrected chi connectivity index (χ1v) is 10.7. The molecule has 0 radical (unpaired) electrons. The highest BCUT2D eigenvalue weighted by molar-refractivity contribution is 5.97. The number of nitrogens with one attached hydrogen (secondary N) is 1. The maximum absolute atomic E-state index is 12.8. The zero-order valence-corrected chi connectivity index (χ0v) is 18.6. The third-order valence-corrected chi connectivity index (χ3v) is 4.96. The van der Waals surface area contributed by atoms with Crippen LogP contribution in [0.15, 0.2) is 66.4 Å². The molecular formula is C25H26N2O7. The molecule has 1 aliphatic rings. The van der Waals surface area contributed by atoms with Crippen LogP contribution in [0.4, 0.5) is 5.69 Å². The van der Waals surface area contributed by atoms with Gasteiger partial charge in [0.25, 0.3) is 5.69 Å². The first-order valence-electron chi connectivity index (χ1n) is 10.7. The number of hydrogen-bond donors (Lipinski definition) is 3. The van der Waals surface area contributed by atoms with Crippen LogP contribution in [-0.4, -0.2) is 27.2 Å². The molecule has 1 heterocycles. The van der Waals surface area contributed by atoms with Gasteiger partial charge in [0.05, 0.1) is 17.2 Å². The van der Waals surface area contributed by atoms with E-state index in [0.717, 1.165) is 18.9 Å². The molecule has 1 aliphatic heterocycles. The van der Waals surface area contributed by atoms with Crippen molar-refractivity contribution in [2.24, 2.45) is 0 Å². The quantitative estimate of drug-likeness (QED) is 0.245. The number of cyclic esters (lactones) is 1. The van der Waals surface area contributed by atoms with Crippen molar-refractivity contribution in [3.63, 3.8) is 0 Å². The number of fused-ring (bicyclic) bond motifs is 1. The molecule has 0 fully saturated rings. The molecule has 2 aromatic carbocycles. The first-order chi connectivity index (χ1) is 16.3. The molecule has 0 spiro atoms. The molecule has 9 nitrogen and oxygen atoms in total. The lowest BCUT2D eigenvalue weighted by molar-refractivity contribution is -0.384. The number of hydrogen-bond acceptors (Lipinski definition) is 8. The second-order valence-electron chi connectivity index (χ2n) is 7.75. The average molecular weight is 466 g/mol. The predicted molar refractivity (Wildman–Crippen MR) is 126 cm³/mol. The fraction of sp³-hybridized carbons (Fsp3) is 0.240. The van der Waals surface area contributed by atoms with E-state index in [9.17, 15) is 25.1 Å². The Hall–Kier alpha value is -4.11. The van der Waals surface area contributed by atoms with E-state index in [4.69, 9.17) is 9.57 Å². The first kappa shape index (κ1) is 24.5. The number of phenols is 2. The Labute approximate surface area is 196 Å². The minimum Gasteiger partial charge on any atom is -0.508 e. The lowest BCUT2D eigenvalue weighted by Crippen LogP contribution is -2.16. The molecule has 2 aromatic rings. The number of hydroxylamine groups is 1. The van der Waals surface area contributed by atoms with Gasteiger partial charge in [-0.3, -0.25) is 20.4 Å². The Morgan fingerprint density at radius 1 is 1.15 bits per heavy atom. The fourth-order valence-electron chi connectivity index (χ4n) is 3.26. The lowest BCUT2D eigenvalue weighted by atomic mass is 10.0. The van der Waals surface area contributed by atoms with E-state index >= 15 is 0 Å². The van der Waals surface area contributed by atoms with Crippen LogP contribution in [0, 0.1) is 10.1 Å². The van der Waals surface area contributed by atoms with E-state index in [0.29, 0.717) is 17.7 Å². The van der Waals surface area contributed by atoms with Crippen LogP contribution in [0.25, 0.3) is 6.08 Å². The number of allylic oxidation sites excluding steroid dienone is 3. The number of nitro benzene ring substituents is 1. The van der Waals surface area contributed by atoms with Gasteiger partial charge >= 0.3 is 5.97 Å². The third kappa shape index (κ3) is 6.94. The minimum atomic E-state index is -0.711. The number of benzene rings is 2. The molecule has 34 heavy (non-hydrogen) atoms. The van der Waals surface area contributed by atoms with E-state index in [1.54, 1.807) is 31.2 Å². The molecule has 1 unspecified atom stereocenters. The molecule has 0 aromatic heterocycles. The Morgan fingerprint density at radius 2 is 1.88 bits per heavy atom. The van der Waals surface area contributed by atoms with Crippen LogP contribution < -0.4 is 5.48 Å². The fourth-order valence-corrected chi connectivity index (χ4v) is 3.26. The molecule has 1 atom stereocenters. The molecule has 0 aliphatic carbocycles. The Balaban J connectivity index is 1.86. The molecule has 0 saturated heterocycles. The van der Waals surface area contributed by atoms with E-state index in [1.165, 1.54) is 18.2 Å². The smallest absolute Gasteiger partial charge is 0.342 e. The van der Waals surface area contributed by atoms with Crippen LogP contribution >= 0.6 is 0 Å². The van der Waals surface area contributed by atoms with Crippen molar-refractivity contribution < 1.29 is 29.5 Å². The topological polar surface area (TPSA) is 131 Å². The lowest BCUT2D eigenvalue weighted by Gasteiger charge is -2.15. The number of carbonyl (C=O) groups is 1. The molecule has 178 valence electrons. The van der Waals surface area contributed by atoms with Crippen LogP contribution in [-0.2, 0) is 16.2 Å². The standard InChI is InChI=1S/C25H26N2O7/c1-17-7-5-3-2-4-6-8-20(26-33-16-18-9-11-21(12-10-18)27(31)32)13-19-14-22(28)15-23(29)24(19)25(30)34-17/h3,5-6,8-15,17,26,28-29H,2,4,7,16H2,1H3/b5-3?,8-6+,20-13-. The summed E-state index contributed by atoms with van der Waals surface area (Å²) in [6, 6.07) is 8.38. The number of esters is 1. The van der Waals surface area contributed by atoms with E-state index in [-0.39, 0.29) is 29.2 Å². The van der Waals surface area contributed by atoms with Crippen molar-refractivity contribution >= 4 is 17.7 Å². The van der Waals surface area contributed by atoms with Gasteiger partial charge in [-0.15, -0.1) is 0 Å². The number of carbonyl (C=O) groups excluding carboxylic acids is 1. The molecule has 0 amide bonds. The zero-order chi connectivity index (χ0) is 24.5. The number of ether oxygens (including phenoxy) is 1. The van der Waals surface area contributed by atoms with Crippen LogP contribution in [0.3, 0.4) is 0 Å². The van der Waals surface area contributed by atoms with Crippen LogP contribution in [0.1, 0.15) is 47.7 Å². The van der Waals surface area contributed by atoms with Gasteiger partial charge in [0.1, 0.15) is 23.2 Å². The number of nitro groups is 1. The molecular weight excluding hydrogens is 440 g/mol. The highest BCUT2D eigenvalue weighted by Gasteiger charge is 2.21. The Bertz CT molecular complexity index is 1120. The predicted octanol–water partition coefficient (Wildman–Crippen LogP) is 4.91. The van der Waals surface area contributed by atoms with Crippen molar-refractivity contribution in [1.29, 1.82) is 0 Å². The van der Waals surface area contributed by atoms with Gasteiger partial charge in [0, 0.05) is 24.6 Å². The second kappa shape index (κ2) is 11.7. The maximum atomic E-state index is 12.8. The van der Waals surface area contributed by atoms with Gasteiger partial charge in [0.2, 0.25) is 0 Å². The summed E-state index contributed by atoms with van der Waals surface area (Å²) in [5.74, 6) is -1.33. The molecule has 0 bridgehead atoms. The van der Waals surface area contributed by atoms with E-state index in [2.05, 4.69) is 5.48 Å². The van der Waals surface area contributed by atoms with Crippen molar-refractivity contribution in [2.75, 3.05) is 0 Å². The number of phenolic OH excluding ortho intramolecular Hbond substituents is 2. The molecule has 3 rings (SSSR count). The van der Waals surface area contributed by atoms with Crippen molar-refractivity contribution in [1.82, 2.24) is 5.48 Å². The third-order valence-electron chi connectivity index (χ3n) is 4.96. The van der Waals surface area contributed by atoms with Crippen molar-refractivity contribution in [3.8, 4) is 11.5 Å². The summed E-state index contributed by atoms with van der Waals surface area (Å²) in [5, 5.41) is 31.1. The van der Waals surface area contributed by atoms with Gasteiger partial charge in [-0.25, -0.2) is 4.79 Å². The Morgan fingerprint density at radius 3 is 2.62 bits per heavy atom. The van der Waals surface area contributed by atoms with Gasteiger partial charge in [-0.1, -0.05) is 18.2 Å². The summed E-state index contributed by atoms with van der Waals surface area (Å²) in [5.41, 5.74) is 4.12. The summed E-state index contributed by atoms with van der Waals surface area (Å²) in [6.07, 6.45) is 10.9. The van der Waals surface area contributed by atoms with Gasteiger partial charge in [-0.2, -0.15) is 0 Å². The molecule has 3 N–H and O–H groups in total. The molecule has 0 saturated carbocycles.